The lowest BCUT2D eigenvalue weighted by Gasteiger charge is -2.43. The van der Waals surface area contributed by atoms with Crippen molar-refractivity contribution in [3.05, 3.63) is 0 Å². The third kappa shape index (κ3) is 3.09. The fourth-order valence-electron chi connectivity index (χ4n) is 4.11. The zero-order chi connectivity index (χ0) is 15.6. The Morgan fingerprint density at radius 2 is 2.09 bits per heavy atom. The Morgan fingerprint density at radius 3 is 2.82 bits per heavy atom. The second-order valence-corrected chi connectivity index (χ2v) is 6.83. The van der Waals surface area contributed by atoms with Crippen molar-refractivity contribution < 1.29 is 14.3 Å². The van der Waals surface area contributed by atoms with E-state index in [9.17, 15) is 4.79 Å². The number of rotatable bonds is 3. The second kappa shape index (κ2) is 6.72. The van der Waals surface area contributed by atoms with E-state index in [1.807, 2.05) is 4.90 Å². The molecule has 3 heterocycles. The van der Waals surface area contributed by atoms with Crippen LogP contribution in [0.15, 0.2) is 0 Å². The van der Waals surface area contributed by atoms with Gasteiger partial charge in [-0.15, -0.1) is 0 Å². The minimum atomic E-state index is -0.289. The van der Waals surface area contributed by atoms with Gasteiger partial charge in [-0.05, 0) is 26.3 Å². The van der Waals surface area contributed by atoms with Gasteiger partial charge in [-0.1, -0.05) is 0 Å². The summed E-state index contributed by atoms with van der Waals surface area (Å²) < 4.78 is 11.2. The molecule has 2 atom stereocenters. The van der Waals surface area contributed by atoms with Crippen LogP contribution in [0.25, 0.3) is 0 Å². The van der Waals surface area contributed by atoms with Crippen LogP contribution in [-0.2, 0) is 9.47 Å². The van der Waals surface area contributed by atoms with E-state index >= 15 is 0 Å². The standard InChI is InChI=1S/C16H29N3O3/c1-13(16(21-2)5-10-22-11-6-16)17-15(20)19-9-8-18-7-3-4-14(18)12-19/h13-14H,3-12H2,1-2H3,(H,17,20). The topological polar surface area (TPSA) is 54.0 Å². The number of hydrogen-bond acceptors (Lipinski definition) is 4. The Morgan fingerprint density at radius 1 is 1.32 bits per heavy atom. The number of hydrogen-bond donors (Lipinski definition) is 1. The number of urea groups is 1. The van der Waals surface area contributed by atoms with Crippen molar-refractivity contribution in [3.63, 3.8) is 0 Å². The summed E-state index contributed by atoms with van der Waals surface area (Å²) in [6.45, 7) is 7.36. The van der Waals surface area contributed by atoms with Crippen LogP contribution < -0.4 is 5.32 Å². The highest BCUT2D eigenvalue weighted by molar-refractivity contribution is 5.74. The van der Waals surface area contributed by atoms with E-state index in [4.69, 9.17) is 9.47 Å². The van der Waals surface area contributed by atoms with Gasteiger partial charge in [0, 0.05) is 58.8 Å². The van der Waals surface area contributed by atoms with Gasteiger partial charge in [-0.25, -0.2) is 4.79 Å². The molecule has 0 aliphatic carbocycles. The molecule has 0 aromatic rings. The zero-order valence-corrected chi connectivity index (χ0v) is 13.8. The highest BCUT2D eigenvalue weighted by atomic mass is 16.5. The fraction of sp³-hybridized carbons (Fsp3) is 0.938. The van der Waals surface area contributed by atoms with Crippen LogP contribution in [0.1, 0.15) is 32.6 Å². The monoisotopic (exact) mass is 311 g/mol. The smallest absolute Gasteiger partial charge is 0.317 e. The Bertz CT molecular complexity index is 398. The average molecular weight is 311 g/mol. The van der Waals surface area contributed by atoms with Gasteiger partial charge in [0.15, 0.2) is 0 Å². The van der Waals surface area contributed by atoms with Crippen molar-refractivity contribution in [1.29, 1.82) is 0 Å². The Labute approximate surface area is 133 Å². The molecular weight excluding hydrogens is 282 g/mol. The molecule has 0 aromatic carbocycles. The fourth-order valence-corrected chi connectivity index (χ4v) is 4.11. The third-order valence-corrected chi connectivity index (χ3v) is 5.75. The zero-order valence-electron chi connectivity index (χ0n) is 13.8. The van der Waals surface area contributed by atoms with Crippen molar-refractivity contribution in [2.45, 2.75) is 50.3 Å². The maximum absolute atomic E-state index is 12.6. The molecule has 3 fully saturated rings. The number of methoxy groups -OCH3 is 1. The normalized spacial score (nSPS) is 29.9. The lowest BCUT2D eigenvalue weighted by molar-refractivity contribution is -0.105. The molecule has 0 bridgehead atoms. The first-order chi connectivity index (χ1) is 10.6. The van der Waals surface area contributed by atoms with Crippen LogP contribution in [0.3, 0.4) is 0 Å². The Balaban J connectivity index is 1.56. The van der Waals surface area contributed by atoms with Crippen molar-refractivity contribution in [2.75, 3.05) is 46.5 Å². The number of fused-ring (bicyclic) bond motifs is 1. The molecule has 2 unspecified atom stereocenters. The largest absolute Gasteiger partial charge is 0.381 e. The Hall–Kier alpha value is -0.850. The molecule has 0 saturated carbocycles. The van der Waals surface area contributed by atoms with E-state index in [2.05, 4.69) is 17.1 Å². The predicted molar refractivity (Wildman–Crippen MR) is 84.0 cm³/mol. The lowest BCUT2D eigenvalue weighted by Crippen LogP contribution is -2.60. The lowest BCUT2D eigenvalue weighted by atomic mass is 9.87. The van der Waals surface area contributed by atoms with Crippen molar-refractivity contribution in [1.82, 2.24) is 15.1 Å². The molecule has 3 aliphatic heterocycles. The molecule has 0 spiro atoms. The van der Waals surface area contributed by atoms with E-state index in [1.54, 1.807) is 7.11 Å². The highest BCUT2D eigenvalue weighted by Gasteiger charge is 2.40. The van der Waals surface area contributed by atoms with Gasteiger partial charge in [0.2, 0.25) is 0 Å². The number of nitrogens with one attached hydrogen (secondary N) is 1. The number of piperazine rings is 1. The number of ether oxygens (including phenoxy) is 2. The van der Waals surface area contributed by atoms with Gasteiger partial charge in [-0.3, -0.25) is 4.90 Å². The number of nitrogens with zero attached hydrogens (tertiary/aromatic N) is 2. The minimum absolute atomic E-state index is 0.00416. The second-order valence-electron chi connectivity index (χ2n) is 6.83. The summed E-state index contributed by atoms with van der Waals surface area (Å²) in [6.07, 6.45) is 4.16. The first-order valence-corrected chi connectivity index (χ1v) is 8.57. The number of carbonyl (C=O) groups is 1. The molecule has 6 heteroatoms. The number of carbonyl (C=O) groups excluding carboxylic acids is 1. The van der Waals surface area contributed by atoms with Crippen LogP contribution in [0, 0.1) is 0 Å². The molecular formula is C16H29N3O3. The quantitative estimate of drug-likeness (QED) is 0.847. The van der Waals surface area contributed by atoms with Crippen molar-refractivity contribution >= 4 is 6.03 Å². The molecule has 1 N–H and O–H groups in total. The van der Waals surface area contributed by atoms with Crippen LogP contribution in [0.2, 0.25) is 0 Å². The van der Waals surface area contributed by atoms with Crippen LogP contribution in [-0.4, -0.2) is 80.0 Å². The van der Waals surface area contributed by atoms with Gasteiger partial charge in [-0.2, -0.15) is 0 Å². The molecule has 126 valence electrons. The van der Waals surface area contributed by atoms with E-state index in [1.165, 1.54) is 19.4 Å². The summed E-state index contributed by atoms with van der Waals surface area (Å²) in [4.78, 5) is 17.1. The summed E-state index contributed by atoms with van der Waals surface area (Å²) in [5, 5.41) is 3.18. The van der Waals surface area contributed by atoms with Crippen LogP contribution >= 0.6 is 0 Å². The summed E-state index contributed by atoms with van der Waals surface area (Å²) >= 11 is 0. The van der Waals surface area contributed by atoms with E-state index in [0.717, 1.165) is 32.5 Å². The van der Waals surface area contributed by atoms with E-state index in [0.29, 0.717) is 19.3 Å². The third-order valence-electron chi connectivity index (χ3n) is 5.75. The SMILES string of the molecule is COC1(C(C)NC(=O)N2CCN3CCCC3C2)CCOCC1. The molecule has 0 aromatic heterocycles. The van der Waals surface area contributed by atoms with E-state index in [-0.39, 0.29) is 17.7 Å². The highest BCUT2D eigenvalue weighted by Crippen LogP contribution is 2.28. The van der Waals surface area contributed by atoms with Crippen LogP contribution in [0.4, 0.5) is 4.79 Å². The molecule has 6 nitrogen and oxygen atoms in total. The first kappa shape index (κ1) is 16.0. The minimum Gasteiger partial charge on any atom is -0.381 e. The van der Waals surface area contributed by atoms with Crippen LogP contribution in [0.5, 0.6) is 0 Å². The maximum Gasteiger partial charge on any atom is 0.317 e. The van der Waals surface area contributed by atoms with E-state index < -0.39 is 0 Å². The van der Waals surface area contributed by atoms with Gasteiger partial charge in [0.25, 0.3) is 0 Å². The molecule has 3 aliphatic rings. The Kier molecular flexibility index (Phi) is 4.90. The van der Waals surface area contributed by atoms with Gasteiger partial charge in [0.1, 0.15) is 0 Å². The molecule has 0 radical (unpaired) electrons. The maximum atomic E-state index is 12.6. The van der Waals surface area contributed by atoms with Gasteiger partial charge in [0.05, 0.1) is 11.6 Å². The van der Waals surface area contributed by atoms with Gasteiger partial charge >= 0.3 is 6.03 Å². The summed E-state index contributed by atoms with van der Waals surface area (Å²) in [5.74, 6) is 0. The predicted octanol–water partition coefficient (Wildman–Crippen LogP) is 1.06. The molecule has 2 amide bonds. The molecule has 3 rings (SSSR count). The van der Waals surface area contributed by atoms with Crippen molar-refractivity contribution in [2.24, 2.45) is 0 Å². The summed E-state index contributed by atoms with van der Waals surface area (Å²) in [7, 11) is 1.74. The number of amides is 2. The molecule has 3 saturated heterocycles. The van der Waals surface area contributed by atoms with Gasteiger partial charge < -0.3 is 19.7 Å². The first-order valence-electron chi connectivity index (χ1n) is 8.57. The summed E-state index contributed by atoms with van der Waals surface area (Å²) in [6, 6.07) is 0.617. The average Bonchev–Trinajstić information content (AvgIpc) is 3.02. The molecule has 22 heavy (non-hydrogen) atoms. The summed E-state index contributed by atoms with van der Waals surface area (Å²) in [5.41, 5.74) is -0.289. The van der Waals surface area contributed by atoms with Crippen molar-refractivity contribution in [3.8, 4) is 0 Å².